The van der Waals surface area contributed by atoms with Crippen molar-refractivity contribution in [3.8, 4) is 0 Å². The number of halogens is 3. The summed E-state index contributed by atoms with van der Waals surface area (Å²) in [6, 6.07) is -0.772. The number of hydrogen-bond donors (Lipinski definition) is 1. The Labute approximate surface area is 121 Å². The molecule has 21 heavy (non-hydrogen) atoms. The fraction of sp³-hybridized carbons (Fsp3) is 0.857. The van der Waals surface area contributed by atoms with Crippen molar-refractivity contribution in [1.29, 1.82) is 0 Å². The van der Waals surface area contributed by atoms with E-state index in [-0.39, 0.29) is 18.8 Å². The lowest BCUT2D eigenvalue weighted by Crippen LogP contribution is -2.66. The lowest BCUT2D eigenvalue weighted by molar-refractivity contribution is -0.204. The van der Waals surface area contributed by atoms with E-state index in [9.17, 15) is 22.8 Å². The smallest absolute Gasteiger partial charge is 0.342 e. The summed E-state index contributed by atoms with van der Waals surface area (Å²) in [6.45, 7) is -0.471. The molecule has 118 valence electrons. The predicted octanol–water partition coefficient (Wildman–Crippen LogP) is 1.99. The van der Waals surface area contributed by atoms with Gasteiger partial charge in [-0.1, -0.05) is 19.3 Å². The molecule has 0 bridgehead atoms. The standard InChI is InChI=1S/C14H19F3N2O2/c15-14(16,17)13(6-7-13)19-8-10(20)18-11(12(19)21)9-4-2-1-3-5-9/h9,11H,1-8H2,(H,18,20). The van der Waals surface area contributed by atoms with Gasteiger partial charge in [0.25, 0.3) is 0 Å². The SMILES string of the molecule is O=C1CN(C2(C(F)(F)F)CC2)C(=O)C(C2CCCCC2)N1. The van der Waals surface area contributed by atoms with Gasteiger partial charge in [-0.15, -0.1) is 0 Å². The molecule has 1 atom stereocenters. The Hall–Kier alpha value is -1.27. The van der Waals surface area contributed by atoms with E-state index in [0.717, 1.165) is 37.0 Å². The van der Waals surface area contributed by atoms with Crippen LogP contribution in [0.1, 0.15) is 44.9 Å². The molecular weight excluding hydrogens is 285 g/mol. The van der Waals surface area contributed by atoms with E-state index < -0.39 is 36.1 Å². The first-order valence-corrected chi connectivity index (χ1v) is 7.53. The first-order chi connectivity index (χ1) is 9.85. The lowest BCUT2D eigenvalue weighted by Gasteiger charge is -2.42. The van der Waals surface area contributed by atoms with Crippen molar-refractivity contribution in [2.75, 3.05) is 6.54 Å². The van der Waals surface area contributed by atoms with Crippen LogP contribution in [0, 0.1) is 5.92 Å². The van der Waals surface area contributed by atoms with Gasteiger partial charge in [-0.3, -0.25) is 9.59 Å². The molecule has 3 fully saturated rings. The Morgan fingerprint density at radius 2 is 1.71 bits per heavy atom. The predicted molar refractivity (Wildman–Crippen MR) is 68.2 cm³/mol. The van der Waals surface area contributed by atoms with Crippen LogP contribution in [0.25, 0.3) is 0 Å². The molecule has 2 amide bonds. The minimum Gasteiger partial charge on any atom is -0.342 e. The van der Waals surface area contributed by atoms with Crippen LogP contribution in [0.5, 0.6) is 0 Å². The van der Waals surface area contributed by atoms with Gasteiger partial charge in [0, 0.05) is 0 Å². The molecule has 7 heteroatoms. The molecule has 0 radical (unpaired) electrons. The van der Waals surface area contributed by atoms with Gasteiger partial charge in [-0.05, 0) is 31.6 Å². The number of alkyl halides is 3. The maximum absolute atomic E-state index is 13.2. The van der Waals surface area contributed by atoms with Crippen molar-refractivity contribution in [1.82, 2.24) is 10.2 Å². The Bertz CT molecular complexity index is 454. The first kappa shape index (κ1) is 14.7. The van der Waals surface area contributed by atoms with E-state index in [4.69, 9.17) is 0 Å². The Morgan fingerprint density at radius 1 is 1.10 bits per heavy atom. The second kappa shape index (κ2) is 4.88. The van der Waals surface area contributed by atoms with Gasteiger partial charge in [0.1, 0.15) is 18.1 Å². The third kappa shape index (κ3) is 2.40. The number of rotatable bonds is 2. The quantitative estimate of drug-likeness (QED) is 0.848. The largest absolute Gasteiger partial charge is 0.411 e. The summed E-state index contributed by atoms with van der Waals surface area (Å²) < 4.78 is 39.7. The number of hydrogen-bond acceptors (Lipinski definition) is 2. The van der Waals surface area contributed by atoms with Crippen molar-refractivity contribution in [2.24, 2.45) is 5.92 Å². The van der Waals surface area contributed by atoms with Gasteiger partial charge in [0.15, 0.2) is 0 Å². The molecule has 2 saturated carbocycles. The second-order valence-corrected chi connectivity index (χ2v) is 6.40. The molecule has 0 spiro atoms. The van der Waals surface area contributed by atoms with Crippen LogP contribution in [-0.2, 0) is 9.59 Å². The highest BCUT2D eigenvalue weighted by Gasteiger charge is 2.69. The average Bonchev–Trinajstić information content (AvgIpc) is 3.23. The van der Waals surface area contributed by atoms with Crippen LogP contribution in [0.15, 0.2) is 0 Å². The van der Waals surface area contributed by atoms with E-state index in [2.05, 4.69) is 5.32 Å². The van der Waals surface area contributed by atoms with Gasteiger partial charge >= 0.3 is 6.18 Å². The second-order valence-electron chi connectivity index (χ2n) is 6.40. The summed E-state index contributed by atoms with van der Waals surface area (Å²) in [5.41, 5.74) is -2.09. The fourth-order valence-corrected chi connectivity index (χ4v) is 3.64. The third-order valence-electron chi connectivity index (χ3n) is 5.04. The zero-order valence-corrected chi connectivity index (χ0v) is 11.7. The Balaban J connectivity index is 1.82. The zero-order valence-electron chi connectivity index (χ0n) is 11.7. The monoisotopic (exact) mass is 304 g/mol. The van der Waals surface area contributed by atoms with E-state index >= 15 is 0 Å². The zero-order chi connectivity index (χ0) is 15.3. The van der Waals surface area contributed by atoms with Crippen LogP contribution in [0.2, 0.25) is 0 Å². The molecule has 4 nitrogen and oxygen atoms in total. The molecule has 0 aromatic carbocycles. The van der Waals surface area contributed by atoms with E-state index in [1.807, 2.05) is 0 Å². The summed E-state index contributed by atoms with van der Waals surface area (Å²) in [5.74, 6) is -1.04. The summed E-state index contributed by atoms with van der Waals surface area (Å²) in [7, 11) is 0. The van der Waals surface area contributed by atoms with Gasteiger partial charge in [0.05, 0.1) is 0 Å². The van der Waals surface area contributed by atoms with Crippen molar-refractivity contribution in [3.05, 3.63) is 0 Å². The summed E-state index contributed by atoms with van der Waals surface area (Å²) >= 11 is 0. The summed E-state index contributed by atoms with van der Waals surface area (Å²) in [5, 5.41) is 2.62. The maximum Gasteiger partial charge on any atom is 0.411 e. The molecular formula is C14H19F3N2O2. The van der Waals surface area contributed by atoms with E-state index in [1.54, 1.807) is 0 Å². The molecule has 3 rings (SSSR count). The Morgan fingerprint density at radius 3 is 2.24 bits per heavy atom. The topological polar surface area (TPSA) is 49.4 Å². The average molecular weight is 304 g/mol. The number of piperazine rings is 1. The molecule has 1 N–H and O–H groups in total. The number of nitrogens with zero attached hydrogens (tertiary/aromatic N) is 1. The van der Waals surface area contributed by atoms with Gasteiger partial charge in [0.2, 0.25) is 11.8 Å². The highest BCUT2D eigenvalue weighted by molar-refractivity contribution is 5.95. The summed E-state index contributed by atoms with van der Waals surface area (Å²) in [4.78, 5) is 25.1. The Kier molecular flexibility index (Phi) is 3.41. The van der Waals surface area contributed by atoms with Crippen LogP contribution < -0.4 is 5.32 Å². The molecule has 0 aromatic rings. The molecule has 1 unspecified atom stereocenters. The molecule has 1 saturated heterocycles. The maximum atomic E-state index is 13.2. The van der Waals surface area contributed by atoms with Gasteiger partial charge in [-0.2, -0.15) is 13.2 Å². The number of carbonyl (C=O) groups is 2. The van der Waals surface area contributed by atoms with Gasteiger partial charge < -0.3 is 10.2 Å². The highest BCUT2D eigenvalue weighted by Crippen LogP contribution is 2.54. The molecule has 0 aromatic heterocycles. The molecule has 1 heterocycles. The van der Waals surface area contributed by atoms with Crippen LogP contribution in [-0.4, -0.2) is 41.0 Å². The molecule has 2 aliphatic carbocycles. The minimum absolute atomic E-state index is 0.0259. The van der Waals surface area contributed by atoms with Gasteiger partial charge in [-0.25, -0.2) is 0 Å². The first-order valence-electron chi connectivity index (χ1n) is 7.53. The summed E-state index contributed by atoms with van der Waals surface area (Å²) in [6.07, 6.45) is -0.0324. The van der Waals surface area contributed by atoms with Crippen LogP contribution in [0.4, 0.5) is 13.2 Å². The van der Waals surface area contributed by atoms with E-state index in [1.165, 1.54) is 0 Å². The third-order valence-corrected chi connectivity index (χ3v) is 5.04. The molecule has 1 aliphatic heterocycles. The molecule has 3 aliphatic rings. The van der Waals surface area contributed by atoms with Crippen molar-refractivity contribution in [3.63, 3.8) is 0 Å². The fourth-order valence-electron chi connectivity index (χ4n) is 3.64. The minimum atomic E-state index is -4.46. The van der Waals surface area contributed by atoms with Crippen LogP contribution >= 0.6 is 0 Å². The van der Waals surface area contributed by atoms with Crippen molar-refractivity contribution < 1.29 is 22.8 Å². The van der Waals surface area contributed by atoms with E-state index in [0.29, 0.717) is 0 Å². The van der Waals surface area contributed by atoms with Crippen molar-refractivity contribution >= 4 is 11.8 Å². The number of carbonyl (C=O) groups excluding carboxylic acids is 2. The number of nitrogens with one attached hydrogen (secondary N) is 1. The highest BCUT2D eigenvalue weighted by atomic mass is 19.4. The lowest BCUT2D eigenvalue weighted by atomic mass is 9.82. The van der Waals surface area contributed by atoms with Crippen LogP contribution in [0.3, 0.4) is 0 Å². The number of amides is 2. The van der Waals surface area contributed by atoms with Crippen molar-refractivity contribution in [2.45, 2.75) is 62.7 Å². The normalized spacial score (nSPS) is 30.2.